The summed E-state index contributed by atoms with van der Waals surface area (Å²) in [4.78, 5) is 0. The first-order valence-corrected chi connectivity index (χ1v) is 9.26. The van der Waals surface area contributed by atoms with Crippen molar-refractivity contribution in [3.8, 4) is 0 Å². The van der Waals surface area contributed by atoms with E-state index in [2.05, 4.69) is 78.9 Å². The molecule has 5 rings (SSSR count). The second-order valence-corrected chi connectivity index (χ2v) is 6.20. The Morgan fingerprint density at radius 2 is 0.931 bits per heavy atom. The van der Waals surface area contributed by atoms with Gasteiger partial charge in [-0.25, -0.2) is 36.4 Å². The zero-order chi connectivity index (χ0) is 18.6. The molecule has 0 amide bonds. The van der Waals surface area contributed by atoms with Gasteiger partial charge in [0.1, 0.15) is 0 Å². The third-order valence-electron chi connectivity index (χ3n) is 4.29. The Morgan fingerprint density at radius 1 is 0.517 bits per heavy atom. The van der Waals surface area contributed by atoms with Crippen molar-refractivity contribution in [2.75, 3.05) is 0 Å². The number of hydrogen-bond donors (Lipinski definition) is 0. The molecule has 0 unspecified atom stereocenters. The van der Waals surface area contributed by atoms with Gasteiger partial charge >= 0.3 is 0 Å². The van der Waals surface area contributed by atoms with Crippen molar-refractivity contribution in [2.45, 2.75) is 5.92 Å². The fraction of sp³-hybridized carbons (Fsp3) is 0.0370. The molecule has 0 fully saturated rings. The third-order valence-corrected chi connectivity index (χ3v) is 4.29. The van der Waals surface area contributed by atoms with Crippen LogP contribution < -0.4 is 0 Å². The summed E-state index contributed by atoms with van der Waals surface area (Å²) in [6, 6.07) is 47.9. The molecule has 0 saturated carbocycles. The molecular weight excluding hydrogens is 436 g/mol. The summed E-state index contributed by atoms with van der Waals surface area (Å²) in [5.41, 5.74) is 4.08. The van der Waals surface area contributed by atoms with Crippen molar-refractivity contribution in [1.29, 1.82) is 0 Å². The van der Waals surface area contributed by atoms with Crippen molar-refractivity contribution in [3.05, 3.63) is 156 Å². The van der Waals surface area contributed by atoms with E-state index in [0.29, 0.717) is 5.92 Å². The monoisotopic (exact) mass is 460 g/mol. The van der Waals surface area contributed by atoms with Crippen LogP contribution in [0.3, 0.4) is 0 Å². The van der Waals surface area contributed by atoms with E-state index < -0.39 is 0 Å². The van der Waals surface area contributed by atoms with Gasteiger partial charge in [-0.2, -0.15) is 53.6 Å². The molecule has 0 aromatic heterocycles. The number of rotatable bonds is 3. The standard InChI is InChI=1S/C17H14.2C5H5.2Fe/c1-2-8-14(9-3-1)17(15-10-4-5-11-15)16-12-6-7-13-16;2*1-2-4-5-3-1;;/h1-13,17H;2*1-5H;;/q-2;-5;-1;;. The summed E-state index contributed by atoms with van der Waals surface area (Å²) < 4.78 is 0. The van der Waals surface area contributed by atoms with Crippen LogP contribution in [0.1, 0.15) is 22.6 Å². The van der Waals surface area contributed by atoms with Crippen molar-refractivity contribution >= 4 is 0 Å². The zero-order valence-corrected chi connectivity index (χ0v) is 18.3. The van der Waals surface area contributed by atoms with Gasteiger partial charge < -0.3 is 30.3 Å². The van der Waals surface area contributed by atoms with Gasteiger partial charge in [0.05, 0.1) is 0 Å². The first-order chi connectivity index (χ1) is 13.4. The maximum Gasteiger partial charge on any atom is 0 e. The Labute approximate surface area is 195 Å². The van der Waals surface area contributed by atoms with E-state index in [0.717, 1.165) is 0 Å². The van der Waals surface area contributed by atoms with Crippen molar-refractivity contribution < 1.29 is 34.1 Å². The van der Waals surface area contributed by atoms with Crippen LogP contribution in [0.5, 0.6) is 0 Å². The molecule has 0 aliphatic rings. The minimum absolute atomic E-state index is 0. The molecule has 2 heteroatoms. The fourth-order valence-corrected chi connectivity index (χ4v) is 3.03. The summed E-state index contributed by atoms with van der Waals surface area (Å²) in [5.74, 6) is 0.362. The van der Waals surface area contributed by atoms with Gasteiger partial charge in [-0.05, 0) is 0 Å². The van der Waals surface area contributed by atoms with Gasteiger partial charge in [-0.15, -0.1) is 0 Å². The van der Waals surface area contributed by atoms with E-state index in [-0.39, 0.29) is 34.1 Å². The van der Waals surface area contributed by atoms with Crippen molar-refractivity contribution in [2.24, 2.45) is 0 Å². The van der Waals surface area contributed by atoms with E-state index in [1.807, 2.05) is 60.7 Å². The molecule has 5 aromatic carbocycles. The summed E-state index contributed by atoms with van der Waals surface area (Å²) in [5, 5.41) is 0. The van der Waals surface area contributed by atoms with Crippen LogP contribution in [-0.4, -0.2) is 0 Å². The van der Waals surface area contributed by atoms with Crippen LogP contribution in [0.25, 0.3) is 0 Å². The van der Waals surface area contributed by atoms with Crippen LogP contribution >= 0.6 is 0 Å². The molecule has 29 heavy (non-hydrogen) atoms. The zero-order valence-electron chi connectivity index (χ0n) is 16.1. The van der Waals surface area contributed by atoms with E-state index in [9.17, 15) is 0 Å². The molecule has 0 aliphatic heterocycles. The van der Waals surface area contributed by atoms with Crippen molar-refractivity contribution in [1.82, 2.24) is 0 Å². The quantitative estimate of drug-likeness (QED) is 0.199. The molecule has 0 saturated heterocycles. The summed E-state index contributed by atoms with van der Waals surface area (Å²) in [6.45, 7) is 0. The van der Waals surface area contributed by atoms with Crippen molar-refractivity contribution in [3.63, 3.8) is 0 Å². The van der Waals surface area contributed by atoms with Crippen LogP contribution in [0, 0.1) is 0 Å². The second kappa shape index (κ2) is 14.6. The maximum absolute atomic E-state index is 2.20. The van der Waals surface area contributed by atoms with Gasteiger partial charge in [-0.3, -0.25) is 0 Å². The molecule has 0 radical (unpaired) electrons. The maximum atomic E-state index is 2.20. The van der Waals surface area contributed by atoms with E-state index in [1.54, 1.807) is 0 Å². The van der Waals surface area contributed by atoms with Gasteiger partial charge in [0, 0.05) is 34.1 Å². The Hall–Kier alpha value is -2.34. The second-order valence-electron chi connectivity index (χ2n) is 6.20. The Bertz CT molecular complexity index is 803. The molecule has 0 atom stereocenters. The average molecular weight is 460 g/mol. The first kappa shape index (κ1) is 24.7. The van der Waals surface area contributed by atoms with Crippen LogP contribution in [0.15, 0.2) is 140 Å². The molecule has 5 aromatic rings. The molecule has 0 spiro atoms. The smallest absolute Gasteiger partial charge is 0 e. The SMILES string of the molecule is [Fe].[Fe].[cH-]1[cH-][cH-][cH-][cH-]1.c1cc[cH-]c1.c1ccc(C([c-]2cccc2)[c-]2cccc2)cc1. The largest absolute Gasteiger partial charge is 0.748 e. The van der Waals surface area contributed by atoms with Crippen LogP contribution in [0.4, 0.5) is 0 Å². The molecule has 156 valence electrons. The number of benzene rings is 1. The summed E-state index contributed by atoms with van der Waals surface area (Å²) in [7, 11) is 0. The molecule has 0 bridgehead atoms. The molecular formula is C27H24Fe2-8. The van der Waals surface area contributed by atoms with Crippen LogP contribution in [0.2, 0.25) is 0 Å². The van der Waals surface area contributed by atoms with Gasteiger partial charge in [0.15, 0.2) is 0 Å². The molecule has 0 aliphatic carbocycles. The van der Waals surface area contributed by atoms with E-state index in [4.69, 9.17) is 0 Å². The average Bonchev–Trinajstić information content (AvgIpc) is 3.55. The minimum Gasteiger partial charge on any atom is -0.748 e. The van der Waals surface area contributed by atoms with Gasteiger partial charge in [0.2, 0.25) is 0 Å². The summed E-state index contributed by atoms with van der Waals surface area (Å²) in [6.07, 6.45) is 0. The summed E-state index contributed by atoms with van der Waals surface area (Å²) >= 11 is 0. The predicted octanol–water partition coefficient (Wildman–Crippen LogP) is 7.11. The molecule has 0 heterocycles. The Morgan fingerprint density at radius 3 is 1.28 bits per heavy atom. The predicted molar refractivity (Wildman–Crippen MR) is 116 cm³/mol. The fourth-order valence-electron chi connectivity index (χ4n) is 3.03. The van der Waals surface area contributed by atoms with E-state index >= 15 is 0 Å². The van der Waals surface area contributed by atoms with Gasteiger partial charge in [0.25, 0.3) is 0 Å². The minimum atomic E-state index is 0. The number of hydrogen-bond acceptors (Lipinski definition) is 0. The van der Waals surface area contributed by atoms with E-state index in [1.165, 1.54) is 16.7 Å². The van der Waals surface area contributed by atoms with Gasteiger partial charge in [-0.1, -0.05) is 41.8 Å². The molecule has 0 nitrogen and oxygen atoms in total. The topological polar surface area (TPSA) is 0 Å². The Kier molecular flexibility index (Phi) is 12.5. The van der Waals surface area contributed by atoms with Crippen LogP contribution in [-0.2, 0) is 34.1 Å². The third kappa shape index (κ3) is 8.28. The normalized spacial score (nSPS) is 9.14. The Balaban J connectivity index is 0.000000290. The first-order valence-electron chi connectivity index (χ1n) is 9.26. The molecule has 0 N–H and O–H groups in total.